The van der Waals surface area contributed by atoms with E-state index in [2.05, 4.69) is 82.7 Å². The molecule has 28 heavy (non-hydrogen) atoms. The maximum absolute atomic E-state index is 5.49. The molecule has 5 nitrogen and oxygen atoms in total. The summed E-state index contributed by atoms with van der Waals surface area (Å²) in [6.07, 6.45) is 4.21. The van der Waals surface area contributed by atoms with Gasteiger partial charge in [-0.1, -0.05) is 24.3 Å². The number of hydrogen-bond acceptors (Lipinski definition) is 3. The van der Waals surface area contributed by atoms with E-state index in [0.717, 1.165) is 54.0 Å². The number of aromatic amines is 1. The molecule has 0 saturated carbocycles. The number of aromatic nitrogens is 3. The highest BCUT2D eigenvalue weighted by Gasteiger charge is 2.17. The lowest BCUT2D eigenvalue weighted by Crippen LogP contribution is -2.19. The third-order valence-corrected chi connectivity index (χ3v) is 5.43. The normalized spacial score (nSPS) is 15.2. The van der Waals surface area contributed by atoms with E-state index >= 15 is 0 Å². The minimum absolute atomic E-state index is 0.428. The minimum Gasteiger partial charge on any atom is -0.381 e. The van der Waals surface area contributed by atoms with E-state index in [9.17, 15) is 0 Å². The summed E-state index contributed by atoms with van der Waals surface area (Å²) in [7, 11) is 0. The lowest BCUT2D eigenvalue weighted by molar-refractivity contribution is 0.0664. The van der Waals surface area contributed by atoms with Gasteiger partial charge in [0.25, 0.3) is 0 Å². The van der Waals surface area contributed by atoms with Crippen LogP contribution < -0.4 is 5.32 Å². The van der Waals surface area contributed by atoms with Crippen molar-refractivity contribution in [3.05, 3.63) is 66.5 Å². The van der Waals surface area contributed by atoms with Crippen LogP contribution in [0.3, 0.4) is 0 Å². The molecule has 0 spiro atoms. The summed E-state index contributed by atoms with van der Waals surface area (Å²) in [5.74, 6) is 0. The van der Waals surface area contributed by atoms with Gasteiger partial charge in [-0.3, -0.25) is 4.68 Å². The van der Waals surface area contributed by atoms with Crippen LogP contribution in [0.2, 0.25) is 0 Å². The number of hydrogen-bond donors (Lipinski definition) is 2. The minimum atomic E-state index is 0.428. The molecule has 1 aliphatic heterocycles. The Hall–Kier alpha value is -3.05. The monoisotopic (exact) mass is 372 g/mol. The van der Waals surface area contributed by atoms with Gasteiger partial charge in [-0.2, -0.15) is 5.10 Å². The molecule has 4 aromatic rings. The maximum atomic E-state index is 5.49. The maximum Gasteiger partial charge on any atom is 0.116 e. The summed E-state index contributed by atoms with van der Waals surface area (Å²) in [4.78, 5) is 3.38. The average molecular weight is 372 g/mol. The van der Waals surface area contributed by atoms with Crippen LogP contribution in [0.5, 0.6) is 0 Å². The van der Waals surface area contributed by atoms with E-state index in [0.29, 0.717) is 6.04 Å². The fourth-order valence-electron chi connectivity index (χ4n) is 3.86. The van der Waals surface area contributed by atoms with Crippen LogP contribution in [0.1, 0.15) is 24.6 Å². The Morgan fingerprint density at radius 1 is 1.04 bits per heavy atom. The van der Waals surface area contributed by atoms with Gasteiger partial charge >= 0.3 is 0 Å². The van der Waals surface area contributed by atoms with E-state index in [1.165, 1.54) is 11.3 Å². The molecule has 2 N–H and O–H groups in total. The second kappa shape index (κ2) is 7.17. The van der Waals surface area contributed by atoms with Crippen molar-refractivity contribution in [2.45, 2.75) is 25.8 Å². The molecule has 0 bridgehead atoms. The SMILES string of the molecule is Cc1ccc(-c2ccc(Nc3cccc4cn(C5CCOCC5)nc34)cc2)[nH]1. The van der Waals surface area contributed by atoms with Crippen LogP contribution in [0.4, 0.5) is 11.4 Å². The predicted molar refractivity (Wildman–Crippen MR) is 113 cm³/mol. The van der Waals surface area contributed by atoms with Crippen LogP contribution in [0.15, 0.2) is 60.8 Å². The lowest BCUT2D eigenvalue weighted by atomic mass is 10.1. The number of fused-ring (bicyclic) bond motifs is 1. The number of nitrogens with one attached hydrogen (secondary N) is 2. The summed E-state index contributed by atoms with van der Waals surface area (Å²) < 4.78 is 7.61. The second-order valence-corrected chi connectivity index (χ2v) is 7.45. The highest BCUT2D eigenvalue weighted by Crippen LogP contribution is 2.29. The molecule has 142 valence electrons. The zero-order valence-corrected chi connectivity index (χ0v) is 16.0. The first-order valence-electron chi connectivity index (χ1n) is 9.85. The smallest absolute Gasteiger partial charge is 0.116 e. The quantitative estimate of drug-likeness (QED) is 0.502. The van der Waals surface area contributed by atoms with Crippen molar-refractivity contribution >= 4 is 22.3 Å². The van der Waals surface area contributed by atoms with Gasteiger partial charge in [0.05, 0.1) is 11.7 Å². The molecule has 1 saturated heterocycles. The van der Waals surface area contributed by atoms with Crippen LogP contribution in [0, 0.1) is 6.92 Å². The van der Waals surface area contributed by atoms with Crippen LogP contribution >= 0.6 is 0 Å². The van der Waals surface area contributed by atoms with E-state index in [1.807, 2.05) is 0 Å². The fourth-order valence-corrected chi connectivity index (χ4v) is 3.86. The van der Waals surface area contributed by atoms with Crippen LogP contribution in [0.25, 0.3) is 22.2 Å². The Balaban J connectivity index is 1.40. The number of H-pyrrole nitrogens is 1. The average Bonchev–Trinajstić information content (AvgIpc) is 3.36. The van der Waals surface area contributed by atoms with E-state index in [-0.39, 0.29) is 0 Å². The molecule has 1 fully saturated rings. The van der Waals surface area contributed by atoms with Crippen molar-refractivity contribution in [1.82, 2.24) is 14.8 Å². The van der Waals surface area contributed by atoms with Gasteiger partial charge in [0.15, 0.2) is 0 Å². The Kier molecular flexibility index (Phi) is 4.37. The van der Waals surface area contributed by atoms with Crippen LogP contribution in [-0.2, 0) is 4.74 Å². The number of nitrogens with zero attached hydrogens (tertiary/aromatic N) is 2. The summed E-state index contributed by atoms with van der Waals surface area (Å²) in [6, 6.07) is 19.4. The van der Waals surface area contributed by atoms with Gasteiger partial charge < -0.3 is 15.0 Å². The summed E-state index contributed by atoms with van der Waals surface area (Å²) >= 11 is 0. The number of rotatable bonds is 4. The van der Waals surface area contributed by atoms with Gasteiger partial charge in [0, 0.05) is 41.9 Å². The molecular formula is C23H24N4O. The Bertz CT molecular complexity index is 1090. The molecule has 2 aromatic carbocycles. The van der Waals surface area contributed by atoms with E-state index in [1.54, 1.807) is 0 Å². The van der Waals surface area contributed by atoms with Crippen molar-refractivity contribution in [3.63, 3.8) is 0 Å². The summed E-state index contributed by atoms with van der Waals surface area (Å²) in [6.45, 7) is 3.71. The Morgan fingerprint density at radius 2 is 1.86 bits per heavy atom. The third kappa shape index (κ3) is 3.29. The molecule has 3 heterocycles. The molecule has 0 atom stereocenters. The highest BCUT2D eigenvalue weighted by atomic mass is 16.5. The molecule has 0 aliphatic carbocycles. The van der Waals surface area contributed by atoms with Gasteiger partial charge in [0.1, 0.15) is 5.52 Å². The summed E-state index contributed by atoms with van der Waals surface area (Å²) in [5, 5.41) is 9.59. The van der Waals surface area contributed by atoms with E-state index in [4.69, 9.17) is 9.84 Å². The third-order valence-electron chi connectivity index (χ3n) is 5.43. The second-order valence-electron chi connectivity index (χ2n) is 7.45. The molecule has 0 unspecified atom stereocenters. The first kappa shape index (κ1) is 17.1. The van der Waals surface area contributed by atoms with Gasteiger partial charge in [-0.15, -0.1) is 0 Å². The Labute approximate surface area is 164 Å². The Morgan fingerprint density at radius 3 is 2.61 bits per heavy atom. The van der Waals surface area contributed by atoms with Crippen LogP contribution in [-0.4, -0.2) is 28.0 Å². The van der Waals surface area contributed by atoms with E-state index < -0.39 is 0 Å². The topological polar surface area (TPSA) is 54.9 Å². The highest BCUT2D eigenvalue weighted by molar-refractivity contribution is 5.92. The first-order valence-corrected chi connectivity index (χ1v) is 9.85. The molecule has 1 aliphatic rings. The molecule has 2 aromatic heterocycles. The van der Waals surface area contributed by atoms with Crippen molar-refractivity contribution in [2.24, 2.45) is 0 Å². The zero-order chi connectivity index (χ0) is 18.9. The van der Waals surface area contributed by atoms with Crippen molar-refractivity contribution in [1.29, 1.82) is 0 Å². The lowest BCUT2D eigenvalue weighted by Gasteiger charge is -2.22. The van der Waals surface area contributed by atoms with Gasteiger partial charge in [-0.25, -0.2) is 0 Å². The fraction of sp³-hybridized carbons (Fsp3) is 0.261. The first-order chi connectivity index (χ1) is 13.8. The number of anilines is 2. The molecular weight excluding hydrogens is 348 g/mol. The standard InChI is InChI=1S/C23H24N4O/c1-16-5-10-21(24-16)17-6-8-19(9-7-17)25-22-4-2-3-18-15-27(26-23(18)22)20-11-13-28-14-12-20/h2-10,15,20,24-25H,11-14H2,1H3. The number of benzene rings is 2. The molecule has 5 heteroatoms. The van der Waals surface area contributed by atoms with Gasteiger partial charge in [-0.05, 0) is 55.7 Å². The zero-order valence-electron chi connectivity index (χ0n) is 16.0. The molecule has 0 amide bonds. The largest absolute Gasteiger partial charge is 0.381 e. The number of ether oxygens (including phenoxy) is 1. The molecule has 5 rings (SSSR count). The molecule has 0 radical (unpaired) electrons. The van der Waals surface area contributed by atoms with Crippen molar-refractivity contribution < 1.29 is 4.74 Å². The van der Waals surface area contributed by atoms with Crippen molar-refractivity contribution in [3.8, 4) is 11.3 Å². The van der Waals surface area contributed by atoms with Crippen molar-refractivity contribution in [2.75, 3.05) is 18.5 Å². The predicted octanol–water partition coefficient (Wildman–Crippen LogP) is 5.43. The number of aryl methyl sites for hydroxylation is 1. The van der Waals surface area contributed by atoms with Gasteiger partial charge in [0.2, 0.25) is 0 Å². The summed E-state index contributed by atoms with van der Waals surface area (Å²) in [5.41, 5.74) is 6.59.